The van der Waals surface area contributed by atoms with Crippen LogP contribution in [-0.2, 0) is 0 Å². The van der Waals surface area contributed by atoms with E-state index in [9.17, 15) is 5.11 Å². The van der Waals surface area contributed by atoms with Crippen molar-refractivity contribution in [2.45, 2.75) is 50.8 Å². The summed E-state index contributed by atoms with van der Waals surface area (Å²) in [5.74, 6) is 0.441. The fourth-order valence-corrected chi connectivity index (χ4v) is 3.39. The Bertz CT molecular complexity index is 374. The monoisotopic (exact) mass is 231 g/mol. The lowest BCUT2D eigenvalue weighted by atomic mass is 9.84. The van der Waals surface area contributed by atoms with Gasteiger partial charge in [-0.15, -0.1) is 0 Å². The van der Waals surface area contributed by atoms with Gasteiger partial charge < -0.3 is 10.4 Å². The van der Waals surface area contributed by atoms with Crippen LogP contribution in [0.1, 0.15) is 42.9 Å². The normalized spacial score (nSPS) is 33.6. The molecule has 2 N–H and O–H groups in total. The van der Waals surface area contributed by atoms with E-state index in [1.54, 1.807) is 0 Å². The van der Waals surface area contributed by atoms with E-state index >= 15 is 0 Å². The van der Waals surface area contributed by atoms with E-state index in [0.717, 1.165) is 18.4 Å². The molecule has 0 aromatic heterocycles. The molecule has 0 radical (unpaired) electrons. The Hall–Kier alpha value is -0.860. The topological polar surface area (TPSA) is 32.3 Å². The summed E-state index contributed by atoms with van der Waals surface area (Å²) in [4.78, 5) is 0. The second kappa shape index (κ2) is 4.43. The van der Waals surface area contributed by atoms with Crippen LogP contribution in [0.15, 0.2) is 24.3 Å². The van der Waals surface area contributed by atoms with Crippen LogP contribution in [0, 0.1) is 12.8 Å². The number of rotatable bonds is 2. The molecule has 3 unspecified atom stereocenters. The number of aryl methyl sites for hydroxylation is 1. The number of benzene rings is 1. The van der Waals surface area contributed by atoms with Gasteiger partial charge in [0, 0.05) is 12.1 Å². The van der Waals surface area contributed by atoms with Gasteiger partial charge in [0.15, 0.2) is 0 Å². The summed E-state index contributed by atoms with van der Waals surface area (Å²) in [7, 11) is 0. The zero-order valence-electron chi connectivity index (χ0n) is 10.4. The lowest BCUT2D eigenvalue weighted by Crippen LogP contribution is -2.39. The maximum absolute atomic E-state index is 10.5. The van der Waals surface area contributed by atoms with Crippen molar-refractivity contribution in [3.63, 3.8) is 0 Å². The van der Waals surface area contributed by atoms with Gasteiger partial charge in [-0.25, -0.2) is 0 Å². The molecule has 1 aromatic rings. The summed E-state index contributed by atoms with van der Waals surface area (Å²) in [6.45, 7) is 2.08. The number of aliphatic hydroxyl groups excluding tert-OH is 1. The van der Waals surface area contributed by atoms with Crippen molar-refractivity contribution in [3.05, 3.63) is 35.4 Å². The van der Waals surface area contributed by atoms with Gasteiger partial charge in [-0.2, -0.15) is 0 Å². The van der Waals surface area contributed by atoms with Crippen LogP contribution in [0.4, 0.5) is 0 Å². The Morgan fingerprint density at radius 1 is 1.12 bits per heavy atom. The second-order valence-corrected chi connectivity index (χ2v) is 5.72. The third-order valence-electron chi connectivity index (χ3n) is 4.37. The minimum atomic E-state index is -0.277. The van der Waals surface area contributed by atoms with Gasteiger partial charge in [-0.1, -0.05) is 29.8 Å². The first kappa shape index (κ1) is 11.2. The average Bonchev–Trinajstić information content (AvgIpc) is 2.68. The molecule has 2 aliphatic rings. The minimum Gasteiger partial charge on any atom is -0.388 e. The van der Waals surface area contributed by atoms with E-state index < -0.39 is 0 Å². The highest BCUT2D eigenvalue weighted by molar-refractivity contribution is 5.23. The van der Waals surface area contributed by atoms with Crippen molar-refractivity contribution < 1.29 is 5.11 Å². The molecule has 0 aliphatic carbocycles. The number of piperidine rings is 1. The minimum absolute atomic E-state index is 0.277. The SMILES string of the molecule is Cc1ccc(C(O)C2CC3CCC(C2)N3)cc1. The summed E-state index contributed by atoms with van der Waals surface area (Å²) in [6, 6.07) is 9.63. The third kappa shape index (κ3) is 2.24. The second-order valence-electron chi connectivity index (χ2n) is 5.72. The van der Waals surface area contributed by atoms with Gasteiger partial charge in [0.2, 0.25) is 0 Å². The van der Waals surface area contributed by atoms with E-state index in [0.29, 0.717) is 18.0 Å². The van der Waals surface area contributed by atoms with Crippen molar-refractivity contribution >= 4 is 0 Å². The van der Waals surface area contributed by atoms with Crippen molar-refractivity contribution in [2.75, 3.05) is 0 Å². The smallest absolute Gasteiger partial charge is 0.0819 e. The zero-order valence-corrected chi connectivity index (χ0v) is 10.4. The Morgan fingerprint density at radius 3 is 2.29 bits per heavy atom. The Balaban J connectivity index is 1.73. The molecule has 2 bridgehead atoms. The van der Waals surface area contributed by atoms with Crippen LogP contribution in [0.25, 0.3) is 0 Å². The first-order valence-corrected chi connectivity index (χ1v) is 6.73. The maximum Gasteiger partial charge on any atom is 0.0819 e. The molecule has 17 heavy (non-hydrogen) atoms. The largest absolute Gasteiger partial charge is 0.388 e. The van der Waals surface area contributed by atoms with Gasteiger partial charge in [-0.3, -0.25) is 0 Å². The highest BCUT2D eigenvalue weighted by atomic mass is 16.3. The van der Waals surface area contributed by atoms with Gasteiger partial charge in [-0.05, 0) is 44.1 Å². The zero-order chi connectivity index (χ0) is 11.8. The highest BCUT2D eigenvalue weighted by Gasteiger charge is 2.36. The lowest BCUT2D eigenvalue weighted by Gasteiger charge is -2.32. The fourth-order valence-electron chi connectivity index (χ4n) is 3.39. The summed E-state index contributed by atoms with van der Waals surface area (Å²) in [5.41, 5.74) is 2.34. The van der Waals surface area contributed by atoms with Gasteiger partial charge in [0.1, 0.15) is 0 Å². The van der Waals surface area contributed by atoms with E-state index in [1.165, 1.54) is 18.4 Å². The van der Waals surface area contributed by atoms with Crippen molar-refractivity contribution in [3.8, 4) is 0 Å². The molecular weight excluding hydrogens is 210 g/mol. The average molecular weight is 231 g/mol. The predicted octanol–water partition coefficient (Wildman–Crippen LogP) is 2.56. The van der Waals surface area contributed by atoms with E-state index in [2.05, 4.69) is 36.5 Å². The Labute approximate surface area is 103 Å². The van der Waals surface area contributed by atoms with Crippen LogP contribution < -0.4 is 5.32 Å². The number of hydrogen-bond donors (Lipinski definition) is 2. The molecule has 3 atom stereocenters. The van der Waals surface area contributed by atoms with Crippen LogP contribution in [-0.4, -0.2) is 17.2 Å². The number of nitrogens with one attached hydrogen (secondary N) is 1. The summed E-state index contributed by atoms with van der Waals surface area (Å²) in [5, 5.41) is 14.1. The van der Waals surface area contributed by atoms with Crippen LogP contribution >= 0.6 is 0 Å². The number of hydrogen-bond acceptors (Lipinski definition) is 2. The van der Waals surface area contributed by atoms with E-state index in [1.807, 2.05) is 0 Å². The fraction of sp³-hybridized carbons (Fsp3) is 0.600. The maximum atomic E-state index is 10.5. The first-order valence-electron chi connectivity index (χ1n) is 6.73. The molecule has 2 heterocycles. The lowest BCUT2D eigenvalue weighted by molar-refractivity contribution is 0.0760. The Morgan fingerprint density at radius 2 is 1.71 bits per heavy atom. The van der Waals surface area contributed by atoms with Crippen molar-refractivity contribution in [2.24, 2.45) is 5.92 Å². The van der Waals surface area contributed by atoms with Crippen LogP contribution in [0.3, 0.4) is 0 Å². The molecule has 92 valence electrons. The molecule has 2 heteroatoms. The van der Waals surface area contributed by atoms with Crippen molar-refractivity contribution in [1.29, 1.82) is 0 Å². The molecular formula is C15H21NO. The van der Waals surface area contributed by atoms with E-state index in [-0.39, 0.29) is 6.10 Å². The molecule has 3 rings (SSSR count). The van der Waals surface area contributed by atoms with Crippen LogP contribution in [0.5, 0.6) is 0 Å². The molecule has 0 saturated carbocycles. The molecule has 2 nitrogen and oxygen atoms in total. The number of aliphatic hydroxyl groups is 1. The molecule has 1 aromatic carbocycles. The highest BCUT2D eigenvalue weighted by Crippen LogP contribution is 2.37. The van der Waals surface area contributed by atoms with Crippen molar-refractivity contribution in [1.82, 2.24) is 5.32 Å². The molecule has 0 spiro atoms. The predicted molar refractivity (Wildman–Crippen MR) is 68.8 cm³/mol. The molecule has 2 aliphatic heterocycles. The number of fused-ring (bicyclic) bond motifs is 2. The first-order chi connectivity index (χ1) is 8.22. The molecule has 2 fully saturated rings. The van der Waals surface area contributed by atoms with Gasteiger partial charge >= 0.3 is 0 Å². The molecule has 2 saturated heterocycles. The molecule has 0 amide bonds. The summed E-state index contributed by atoms with van der Waals surface area (Å²) in [6.07, 6.45) is 4.57. The quantitative estimate of drug-likeness (QED) is 0.820. The van der Waals surface area contributed by atoms with Gasteiger partial charge in [0.25, 0.3) is 0 Å². The summed E-state index contributed by atoms with van der Waals surface area (Å²) >= 11 is 0. The van der Waals surface area contributed by atoms with Crippen LogP contribution in [0.2, 0.25) is 0 Å². The van der Waals surface area contributed by atoms with E-state index in [4.69, 9.17) is 0 Å². The summed E-state index contributed by atoms with van der Waals surface area (Å²) < 4.78 is 0. The Kier molecular flexibility index (Phi) is 2.93. The van der Waals surface area contributed by atoms with Gasteiger partial charge in [0.05, 0.1) is 6.10 Å². The third-order valence-corrected chi connectivity index (χ3v) is 4.37. The standard InChI is InChI=1S/C15H21NO/c1-10-2-4-11(5-3-10)15(17)12-8-13-6-7-14(9-12)16-13/h2-5,12-17H,6-9H2,1H3.